The van der Waals surface area contributed by atoms with Crippen molar-refractivity contribution in [2.75, 3.05) is 0 Å². The van der Waals surface area contributed by atoms with Crippen LogP contribution in [0.25, 0.3) is 10.9 Å². The van der Waals surface area contributed by atoms with E-state index in [4.69, 9.17) is 11.6 Å². The molecule has 1 heterocycles. The van der Waals surface area contributed by atoms with E-state index in [1.165, 1.54) is 12.1 Å². The Morgan fingerprint density at radius 1 is 1.41 bits per heavy atom. The molecule has 6 heteroatoms. The molecule has 0 unspecified atom stereocenters. The van der Waals surface area contributed by atoms with Crippen LogP contribution in [-0.4, -0.2) is 14.9 Å². The van der Waals surface area contributed by atoms with Crippen molar-refractivity contribution in [2.24, 2.45) is 0 Å². The largest absolute Gasteiger partial charge is 0.270 e. The first-order chi connectivity index (χ1) is 8.11. The topological polar surface area (TPSA) is 68.9 Å². The molecule has 0 saturated carbocycles. The number of hydrogen-bond acceptors (Lipinski definition) is 4. The Bertz CT molecular complexity index is 586. The molecule has 0 bridgehead atoms. The van der Waals surface area contributed by atoms with E-state index in [0.717, 1.165) is 12.8 Å². The molecule has 0 aliphatic rings. The summed E-state index contributed by atoms with van der Waals surface area (Å²) in [6.07, 6.45) is 1.67. The van der Waals surface area contributed by atoms with Crippen LogP contribution in [0.5, 0.6) is 0 Å². The van der Waals surface area contributed by atoms with E-state index in [1.807, 2.05) is 6.92 Å². The summed E-state index contributed by atoms with van der Waals surface area (Å²) in [5.74, 6) is 0.666. The lowest BCUT2D eigenvalue weighted by molar-refractivity contribution is -0.384. The SMILES string of the molecule is CCCc1nc(Cl)c2cc([N+](=O)[O-])ccc2n1. The third kappa shape index (κ3) is 2.34. The maximum atomic E-state index is 10.6. The fraction of sp³-hybridized carbons (Fsp3) is 0.273. The molecule has 2 rings (SSSR count). The molecule has 17 heavy (non-hydrogen) atoms. The van der Waals surface area contributed by atoms with E-state index in [0.29, 0.717) is 16.7 Å². The van der Waals surface area contributed by atoms with Crippen molar-refractivity contribution in [2.45, 2.75) is 19.8 Å². The van der Waals surface area contributed by atoms with Crippen molar-refractivity contribution in [3.05, 3.63) is 39.3 Å². The van der Waals surface area contributed by atoms with Gasteiger partial charge in [-0.15, -0.1) is 0 Å². The zero-order valence-electron chi connectivity index (χ0n) is 9.18. The first-order valence-electron chi connectivity index (χ1n) is 5.22. The van der Waals surface area contributed by atoms with Crippen molar-refractivity contribution >= 4 is 28.2 Å². The summed E-state index contributed by atoms with van der Waals surface area (Å²) in [6.45, 7) is 2.03. The number of aryl methyl sites for hydroxylation is 1. The number of nitro groups is 1. The number of nitrogens with zero attached hydrogens (tertiary/aromatic N) is 3. The van der Waals surface area contributed by atoms with Gasteiger partial charge in [-0.1, -0.05) is 18.5 Å². The molecule has 2 aromatic rings. The molecule has 0 aliphatic heterocycles. The first-order valence-corrected chi connectivity index (χ1v) is 5.60. The van der Waals surface area contributed by atoms with Crippen LogP contribution in [0.3, 0.4) is 0 Å². The Labute approximate surface area is 103 Å². The van der Waals surface area contributed by atoms with E-state index in [2.05, 4.69) is 9.97 Å². The molecule has 1 aromatic heterocycles. The maximum absolute atomic E-state index is 10.6. The van der Waals surface area contributed by atoms with Gasteiger partial charge in [0.15, 0.2) is 0 Å². The highest BCUT2D eigenvalue weighted by Crippen LogP contribution is 2.25. The predicted molar refractivity (Wildman–Crippen MR) is 65.2 cm³/mol. The number of aromatic nitrogens is 2. The van der Waals surface area contributed by atoms with Gasteiger partial charge in [0.2, 0.25) is 0 Å². The second kappa shape index (κ2) is 4.63. The third-order valence-electron chi connectivity index (χ3n) is 2.36. The quantitative estimate of drug-likeness (QED) is 0.477. The van der Waals surface area contributed by atoms with Gasteiger partial charge in [-0.05, 0) is 12.5 Å². The van der Waals surface area contributed by atoms with Crippen LogP contribution in [-0.2, 0) is 6.42 Å². The summed E-state index contributed by atoms with van der Waals surface area (Å²) in [5.41, 5.74) is 0.630. The summed E-state index contributed by atoms with van der Waals surface area (Å²) in [5, 5.41) is 11.4. The van der Waals surface area contributed by atoms with E-state index in [-0.39, 0.29) is 10.8 Å². The van der Waals surface area contributed by atoms with Crippen LogP contribution >= 0.6 is 11.6 Å². The smallest absolute Gasteiger partial charge is 0.258 e. The van der Waals surface area contributed by atoms with E-state index < -0.39 is 4.92 Å². The first kappa shape index (κ1) is 11.7. The van der Waals surface area contributed by atoms with Gasteiger partial charge in [-0.2, -0.15) is 0 Å². The number of rotatable bonds is 3. The Kier molecular flexibility index (Phi) is 3.19. The van der Waals surface area contributed by atoms with Gasteiger partial charge in [-0.3, -0.25) is 10.1 Å². The zero-order valence-corrected chi connectivity index (χ0v) is 9.94. The minimum absolute atomic E-state index is 0.00811. The summed E-state index contributed by atoms with van der Waals surface area (Å²) in [7, 11) is 0. The van der Waals surface area contributed by atoms with Crippen LogP contribution in [0.2, 0.25) is 5.15 Å². The molecule has 0 spiro atoms. The molecule has 0 aliphatic carbocycles. The van der Waals surface area contributed by atoms with Gasteiger partial charge >= 0.3 is 0 Å². The molecule has 5 nitrogen and oxygen atoms in total. The average Bonchev–Trinajstić information content (AvgIpc) is 2.29. The zero-order chi connectivity index (χ0) is 12.4. The van der Waals surface area contributed by atoms with E-state index in [1.54, 1.807) is 6.07 Å². The molecule has 0 saturated heterocycles. The van der Waals surface area contributed by atoms with Crippen LogP contribution in [0.15, 0.2) is 18.2 Å². The van der Waals surface area contributed by atoms with Crippen molar-refractivity contribution in [1.82, 2.24) is 9.97 Å². The standard InChI is InChI=1S/C11H10ClN3O2/c1-2-3-10-13-9-5-4-7(15(16)17)6-8(9)11(12)14-10/h4-6H,2-3H2,1H3. The van der Waals surface area contributed by atoms with Crippen molar-refractivity contribution in [3.63, 3.8) is 0 Å². The second-order valence-corrected chi connectivity index (χ2v) is 4.00. The number of non-ortho nitro benzene ring substituents is 1. The Morgan fingerprint density at radius 3 is 2.82 bits per heavy atom. The van der Waals surface area contributed by atoms with Crippen LogP contribution in [0.4, 0.5) is 5.69 Å². The van der Waals surface area contributed by atoms with Gasteiger partial charge in [0.25, 0.3) is 5.69 Å². The Hall–Kier alpha value is -1.75. The molecular weight excluding hydrogens is 242 g/mol. The molecule has 1 aromatic carbocycles. The van der Waals surface area contributed by atoms with Crippen LogP contribution < -0.4 is 0 Å². The highest BCUT2D eigenvalue weighted by Gasteiger charge is 2.11. The molecule has 88 valence electrons. The number of hydrogen-bond donors (Lipinski definition) is 0. The van der Waals surface area contributed by atoms with Gasteiger partial charge < -0.3 is 0 Å². The van der Waals surface area contributed by atoms with Gasteiger partial charge in [0, 0.05) is 23.9 Å². The predicted octanol–water partition coefficient (Wildman–Crippen LogP) is 3.14. The molecule has 0 N–H and O–H groups in total. The lowest BCUT2D eigenvalue weighted by Crippen LogP contribution is -1.97. The minimum atomic E-state index is -0.463. The van der Waals surface area contributed by atoms with Crippen LogP contribution in [0, 0.1) is 10.1 Å². The summed E-state index contributed by atoms with van der Waals surface area (Å²) < 4.78 is 0. The number of benzene rings is 1. The second-order valence-electron chi connectivity index (χ2n) is 3.64. The molecular formula is C11H10ClN3O2. The third-order valence-corrected chi connectivity index (χ3v) is 2.65. The van der Waals surface area contributed by atoms with Crippen molar-refractivity contribution < 1.29 is 4.92 Å². The number of fused-ring (bicyclic) bond motifs is 1. The van der Waals surface area contributed by atoms with Crippen molar-refractivity contribution in [1.29, 1.82) is 0 Å². The Balaban J connectivity index is 2.60. The fourth-order valence-electron chi connectivity index (χ4n) is 1.57. The molecule has 0 atom stereocenters. The minimum Gasteiger partial charge on any atom is -0.258 e. The monoisotopic (exact) mass is 251 g/mol. The lowest BCUT2D eigenvalue weighted by atomic mass is 10.2. The van der Waals surface area contributed by atoms with E-state index in [9.17, 15) is 10.1 Å². The lowest BCUT2D eigenvalue weighted by Gasteiger charge is -2.03. The Morgan fingerprint density at radius 2 is 2.18 bits per heavy atom. The number of nitro benzene ring substituents is 1. The summed E-state index contributed by atoms with van der Waals surface area (Å²) in [6, 6.07) is 4.41. The average molecular weight is 252 g/mol. The molecule has 0 fully saturated rings. The maximum Gasteiger partial charge on any atom is 0.270 e. The van der Waals surface area contributed by atoms with E-state index >= 15 is 0 Å². The van der Waals surface area contributed by atoms with Gasteiger partial charge in [0.1, 0.15) is 11.0 Å². The van der Waals surface area contributed by atoms with Gasteiger partial charge in [0.05, 0.1) is 10.4 Å². The highest BCUT2D eigenvalue weighted by molar-refractivity contribution is 6.34. The molecule has 0 amide bonds. The number of halogens is 1. The summed E-state index contributed by atoms with van der Waals surface area (Å²) >= 11 is 6.00. The van der Waals surface area contributed by atoms with Crippen LogP contribution in [0.1, 0.15) is 19.2 Å². The van der Waals surface area contributed by atoms with Gasteiger partial charge in [-0.25, -0.2) is 9.97 Å². The summed E-state index contributed by atoms with van der Waals surface area (Å²) in [4.78, 5) is 18.6. The highest BCUT2D eigenvalue weighted by atomic mass is 35.5. The fourth-order valence-corrected chi connectivity index (χ4v) is 1.82. The van der Waals surface area contributed by atoms with Crippen molar-refractivity contribution in [3.8, 4) is 0 Å². The molecule has 0 radical (unpaired) electrons. The normalized spacial score (nSPS) is 10.7.